The Morgan fingerprint density at radius 1 is 1.16 bits per heavy atom. The Hall–Kier alpha value is -3.13. The molecule has 0 saturated carbocycles. The lowest BCUT2D eigenvalue weighted by Gasteiger charge is -2.17. The van der Waals surface area contributed by atoms with E-state index >= 15 is 0 Å². The average molecular weight is 355 g/mol. The zero-order chi connectivity index (χ0) is 18.0. The summed E-state index contributed by atoms with van der Waals surface area (Å²) in [4.78, 5) is 28.5. The first-order chi connectivity index (χ1) is 11.9. The molecule has 0 unspecified atom stereocenters. The van der Waals surface area contributed by atoms with Gasteiger partial charge in [0.05, 0.1) is 9.83 Å². The lowest BCUT2D eigenvalue weighted by Crippen LogP contribution is -2.21. The van der Waals surface area contributed by atoms with Gasteiger partial charge < -0.3 is 10.0 Å². The number of nitro groups is 1. The van der Waals surface area contributed by atoms with Gasteiger partial charge in [-0.25, -0.2) is 0 Å². The van der Waals surface area contributed by atoms with Gasteiger partial charge >= 0.3 is 0 Å². The second-order valence-electron chi connectivity index (χ2n) is 5.23. The molecule has 25 heavy (non-hydrogen) atoms. The van der Waals surface area contributed by atoms with Crippen LogP contribution in [0.15, 0.2) is 58.4 Å². The van der Waals surface area contributed by atoms with Crippen molar-refractivity contribution in [2.75, 3.05) is 11.9 Å². The number of amides is 1. The van der Waals surface area contributed by atoms with Crippen LogP contribution in [0.4, 0.5) is 11.4 Å². The highest BCUT2D eigenvalue weighted by Gasteiger charge is 2.25. The van der Waals surface area contributed by atoms with Gasteiger partial charge in [-0.05, 0) is 59.8 Å². The van der Waals surface area contributed by atoms with Crippen molar-refractivity contribution in [3.8, 4) is 5.75 Å². The average Bonchev–Trinajstić information content (AvgIpc) is 2.96. The lowest BCUT2D eigenvalue weighted by atomic mass is 10.2. The molecule has 0 aliphatic carbocycles. The number of aliphatic imine (C=N–C) groups is 1. The van der Waals surface area contributed by atoms with Crippen molar-refractivity contribution < 1.29 is 14.8 Å². The second kappa shape index (κ2) is 6.78. The first kappa shape index (κ1) is 16.7. The molecule has 1 aliphatic heterocycles. The van der Waals surface area contributed by atoms with Crippen molar-refractivity contribution in [2.24, 2.45) is 4.99 Å². The molecule has 1 N–H and O–H groups in total. The number of anilines is 1. The number of hydrogen-bond donors (Lipinski definition) is 1. The Bertz CT molecular complexity index is 889. The van der Waals surface area contributed by atoms with Crippen molar-refractivity contribution >= 4 is 40.3 Å². The van der Waals surface area contributed by atoms with Gasteiger partial charge in [0, 0.05) is 24.9 Å². The number of rotatable bonds is 3. The van der Waals surface area contributed by atoms with Crippen LogP contribution in [0.3, 0.4) is 0 Å². The van der Waals surface area contributed by atoms with E-state index in [-0.39, 0.29) is 17.3 Å². The molecule has 0 bridgehead atoms. The van der Waals surface area contributed by atoms with Crippen LogP contribution < -0.4 is 4.90 Å². The zero-order valence-corrected chi connectivity index (χ0v) is 13.9. The van der Waals surface area contributed by atoms with E-state index in [1.165, 1.54) is 23.9 Å². The Balaban J connectivity index is 1.77. The number of phenols is 1. The molecule has 0 spiro atoms. The number of thioether (sulfide) groups is 1. The Morgan fingerprint density at radius 2 is 1.80 bits per heavy atom. The maximum atomic E-state index is 12.1. The minimum absolute atomic E-state index is 0.00319. The van der Waals surface area contributed by atoms with Crippen LogP contribution in [0.2, 0.25) is 0 Å². The number of carbonyl (C=O) groups excluding carboxylic acids is 1. The third-order valence-corrected chi connectivity index (χ3v) is 4.59. The molecule has 0 fully saturated rings. The molecular formula is C17H13N3O4S. The Morgan fingerprint density at radius 3 is 2.40 bits per heavy atom. The van der Waals surface area contributed by atoms with Crippen LogP contribution in [-0.2, 0) is 4.79 Å². The fourth-order valence-electron chi connectivity index (χ4n) is 2.17. The number of amidine groups is 1. The normalized spacial score (nSPS) is 15.3. The minimum atomic E-state index is -0.472. The van der Waals surface area contributed by atoms with E-state index in [9.17, 15) is 20.0 Å². The summed E-state index contributed by atoms with van der Waals surface area (Å²) in [5.74, 6) is -0.197. The van der Waals surface area contributed by atoms with Gasteiger partial charge in [-0.1, -0.05) is 0 Å². The van der Waals surface area contributed by atoms with Crippen molar-refractivity contribution in [2.45, 2.75) is 0 Å². The maximum Gasteiger partial charge on any atom is 0.286 e. The van der Waals surface area contributed by atoms with Crippen LogP contribution >= 0.6 is 11.8 Å². The summed E-state index contributed by atoms with van der Waals surface area (Å²) in [6.45, 7) is 0. The predicted molar refractivity (Wildman–Crippen MR) is 97.6 cm³/mol. The summed E-state index contributed by atoms with van der Waals surface area (Å²) in [6.07, 6.45) is 1.65. The molecule has 1 amide bonds. The standard InChI is InChI=1S/C17H13N3O4S/c1-19(12-6-8-14(21)9-7-12)17-18-16(22)15(25-17)10-11-2-4-13(5-3-11)20(23)24/h2-10,21H,1H3. The SMILES string of the molecule is CN(C1=NC(=O)C(=Cc2ccc([N+](=O)[O-])cc2)S1)c1ccc(O)cc1. The predicted octanol–water partition coefficient (Wildman–Crippen LogP) is 3.41. The molecule has 2 aromatic carbocycles. The van der Waals surface area contributed by atoms with Crippen LogP contribution in [0.1, 0.15) is 5.56 Å². The van der Waals surface area contributed by atoms with Gasteiger partial charge in [0.15, 0.2) is 5.17 Å². The Kier molecular flexibility index (Phi) is 4.53. The van der Waals surface area contributed by atoms with Crippen LogP contribution in [0, 0.1) is 10.1 Å². The maximum absolute atomic E-state index is 12.1. The molecular weight excluding hydrogens is 342 g/mol. The van der Waals surface area contributed by atoms with Crippen LogP contribution in [0.25, 0.3) is 6.08 Å². The van der Waals surface area contributed by atoms with E-state index in [1.54, 1.807) is 54.4 Å². The molecule has 7 nitrogen and oxygen atoms in total. The molecule has 0 radical (unpaired) electrons. The molecule has 1 aliphatic rings. The van der Waals surface area contributed by atoms with Crippen molar-refractivity contribution in [1.82, 2.24) is 0 Å². The lowest BCUT2D eigenvalue weighted by molar-refractivity contribution is -0.384. The Labute approximate surface area is 147 Å². The molecule has 0 atom stereocenters. The number of aromatic hydroxyl groups is 1. The van der Waals surface area contributed by atoms with E-state index in [4.69, 9.17) is 0 Å². The topological polar surface area (TPSA) is 96.0 Å². The number of hydrogen-bond acceptors (Lipinski definition) is 6. The van der Waals surface area contributed by atoms with E-state index in [0.717, 1.165) is 5.69 Å². The molecule has 1 heterocycles. The highest BCUT2D eigenvalue weighted by Crippen LogP contribution is 2.32. The van der Waals surface area contributed by atoms with Crippen molar-refractivity contribution in [1.29, 1.82) is 0 Å². The summed E-state index contributed by atoms with van der Waals surface area (Å²) in [5, 5.41) is 20.5. The molecule has 2 aromatic rings. The number of phenolic OH excluding ortho intramolecular Hbond substituents is 1. The smallest absolute Gasteiger partial charge is 0.286 e. The van der Waals surface area contributed by atoms with Gasteiger partial charge in [0.25, 0.3) is 11.6 Å². The monoisotopic (exact) mass is 355 g/mol. The van der Waals surface area contributed by atoms with E-state index in [2.05, 4.69) is 4.99 Å². The summed E-state index contributed by atoms with van der Waals surface area (Å²) < 4.78 is 0. The molecule has 126 valence electrons. The number of carbonyl (C=O) groups is 1. The third-order valence-electron chi connectivity index (χ3n) is 3.53. The van der Waals surface area contributed by atoms with Crippen molar-refractivity contribution in [3.63, 3.8) is 0 Å². The fourth-order valence-corrected chi connectivity index (χ4v) is 3.07. The fraction of sp³-hybridized carbons (Fsp3) is 0.0588. The molecule has 8 heteroatoms. The van der Waals surface area contributed by atoms with E-state index < -0.39 is 4.92 Å². The van der Waals surface area contributed by atoms with Crippen molar-refractivity contribution in [3.05, 3.63) is 69.1 Å². The molecule has 3 rings (SSSR count). The quantitative estimate of drug-likeness (QED) is 0.515. The molecule has 0 saturated heterocycles. The summed E-state index contributed by atoms with van der Waals surface area (Å²) >= 11 is 1.22. The summed E-state index contributed by atoms with van der Waals surface area (Å²) in [6, 6.07) is 12.5. The first-order valence-electron chi connectivity index (χ1n) is 7.24. The van der Waals surface area contributed by atoms with Crippen LogP contribution in [-0.4, -0.2) is 28.2 Å². The third kappa shape index (κ3) is 3.69. The highest BCUT2D eigenvalue weighted by atomic mass is 32.2. The van der Waals surface area contributed by atoms with Gasteiger partial charge in [-0.15, -0.1) is 0 Å². The number of benzene rings is 2. The minimum Gasteiger partial charge on any atom is -0.508 e. The molecule has 0 aromatic heterocycles. The number of nitrogens with zero attached hydrogens (tertiary/aromatic N) is 3. The van der Waals surface area contributed by atoms with Gasteiger partial charge in [-0.2, -0.15) is 4.99 Å². The first-order valence-corrected chi connectivity index (χ1v) is 8.05. The highest BCUT2D eigenvalue weighted by molar-refractivity contribution is 8.18. The zero-order valence-electron chi connectivity index (χ0n) is 13.1. The summed E-state index contributed by atoms with van der Waals surface area (Å²) in [7, 11) is 1.78. The number of non-ortho nitro benzene ring substituents is 1. The van der Waals surface area contributed by atoms with Gasteiger partial charge in [0.1, 0.15) is 5.75 Å². The largest absolute Gasteiger partial charge is 0.508 e. The van der Waals surface area contributed by atoms with Gasteiger partial charge in [0.2, 0.25) is 0 Å². The number of nitro benzene ring substituents is 1. The summed E-state index contributed by atoms with van der Waals surface area (Å²) in [5.41, 5.74) is 1.47. The van der Waals surface area contributed by atoms with Gasteiger partial charge in [-0.3, -0.25) is 14.9 Å². The van der Waals surface area contributed by atoms with Crippen LogP contribution in [0.5, 0.6) is 5.75 Å². The van der Waals surface area contributed by atoms with E-state index in [0.29, 0.717) is 15.6 Å². The van der Waals surface area contributed by atoms with E-state index in [1.807, 2.05) is 0 Å². The second-order valence-corrected chi connectivity index (χ2v) is 6.24.